The molecule has 1 unspecified atom stereocenters. The molecule has 2 atom stereocenters. The van der Waals surface area contributed by atoms with Crippen LogP contribution >= 0.6 is 0 Å². The zero-order valence-electron chi connectivity index (χ0n) is 16.5. The van der Waals surface area contributed by atoms with Crippen LogP contribution in [-0.4, -0.2) is 59.2 Å². The topological polar surface area (TPSA) is 81.8 Å². The lowest BCUT2D eigenvalue weighted by Gasteiger charge is -2.35. The summed E-state index contributed by atoms with van der Waals surface area (Å²) in [6.45, 7) is 8.71. The molecule has 7 heteroatoms. The highest BCUT2D eigenvalue weighted by Crippen LogP contribution is 2.28. The second kappa shape index (κ2) is 7.64. The molecule has 3 aliphatic heterocycles. The number of fused-ring (bicyclic) bond motifs is 1. The van der Waals surface area contributed by atoms with Crippen LogP contribution in [0.15, 0.2) is 18.2 Å². The molecule has 150 valence electrons. The van der Waals surface area contributed by atoms with Crippen molar-refractivity contribution in [1.29, 1.82) is 0 Å². The number of nitrogens with one attached hydrogen (secondary N) is 2. The predicted molar refractivity (Wildman–Crippen MR) is 104 cm³/mol. The molecule has 2 N–H and O–H groups in total. The molecule has 3 heterocycles. The van der Waals surface area contributed by atoms with Crippen molar-refractivity contribution >= 4 is 17.7 Å². The standard InChI is InChI=1S/C21H28N4O3/c1-13(2)17-12-24(8-7-22-17)10-14-3-4-15-11-25(21(28)16(15)9-14)18-5-6-19(26)23-20(18)27/h3-4,9,13,17-18,22H,5-8,10-12H2,1-2H3,(H,23,26,27)/t17-,18?/m1/s1. The number of nitrogens with zero attached hydrogens (tertiary/aromatic N) is 2. The van der Waals surface area contributed by atoms with Crippen molar-refractivity contribution in [3.8, 4) is 0 Å². The average molecular weight is 384 g/mol. The number of benzene rings is 1. The minimum atomic E-state index is -0.555. The largest absolute Gasteiger partial charge is 0.322 e. The van der Waals surface area contributed by atoms with Gasteiger partial charge in [-0.15, -0.1) is 0 Å². The van der Waals surface area contributed by atoms with Crippen molar-refractivity contribution in [2.45, 2.75) is 51.9 Å². The number of amides is 3. The van der Waals surface area contributed by atoms with Gasteiger partial charge in [0, 0.05) is 50.7 Å². The van der Waals surface area contributed by atoms with Gasteiger partial charge in [0.25, 0.3) is 5.91 Å². The Bertz CT molecular complexity index is 807. The molecule has 0 saturated carbocycles. The third-order valence-corrected chi connectivity index (χ3v) is 6.09. The van der Waals surface area contributed by atoms with Crippen LogP contribution in [0.1, 0.15) is 48.2 Å². The van der Waals surface area contributed by atoms with Gasteiger partial charge in [-0.25, -0.2) is 0 Å². The van der Waals surface area contributed by atoms with Gasteiger partial charge >= 0.3 is 0 Å². The van der Waals surface area contributed by atoms with E-state index in [4.69, 9.17) is 0 Å². The molecule has 28 heavy (non-hydrogen) atoms. The van der Waals surface area contributed by atoms with Crippen LogP contribution in [0, 0.1) is 5.92 Å². The average Bonchev–Trinajstić information content (AvgIpc) is 2.98. The van der Waals surface area contributed by atoms with E-state index in [1.54, 1.807) is 4.90 Å². The number of hydrogen-bond acceptors (Lipinski definition) is 5. The van der Waals surface area contributed by atoms with E-state index in [1.807, 2.05) is 12.1 Å². The van der Waals surface area contributed by atoms with Crippen molar-refractivity contribution < 1.29 is 14.4 Å². The Labute approximate surface area is 165 Å². The van der Waals surface area contributed by atoms with Gasteiger partial charge in [0.15, 0.2) is 0 Å². The fourth-order valence-corrected chi connectivity index (χ4v) is 4.39. The number of piperazine rings is 1. The lowest BCUT2D eigenvalue weighted by molar-refractivity contribution is -0.136. The molecule has 0 spiro atoms. The Balaban J connectivity index is 1.46. The molecule has 1 aromatic carbocycles. The molecule has 3 aliphatic rings. The van der Waals surface area contributed by atoms with Crippen molar-refractivity contribution in [3.05, 3.63) is 34.9 Å². The monoisotopic (exact) mass is 384 g/mol. The van der Waals surface area contributed by atoms with Crippen molar-refractivity contribution in [3.63, 3.8) is 0 Å². The Hall–Kier alpha value is -2.25. The molecule has 0 radical (unpaired) electrons. The van der Waals surface area contributed by atoms with E-state index in [-0.39, 0.29) is 24.1 Å². The summed E-state index contributed by atoms with van der Waals surface area (Å²) < 4.78 is 0. The van der Waals surface area contributed by atoms with Crippen LogP contribution in [0.3, 0.4) is 0 Å². The summed E-state index contributed by atoms with van der Waals surface area (Å²) in [6.07, 6.45) is 0.677. The summed E-state index contributed by atoms with van der Waals surface area (Å²) in [5.74, 6) is -0.139. The molecule has 0 aromatic heterocycles. The van der Waals surface area contributed by atoms with E-state index in [0.717, 1.165) is 37.3 Å². The number of rotatable bonds is 4. The van der Waals surface area contributed by atoms with Gasteiger partial charge < -0.3 is 10.2 Å². The number of carbonyl (C=O) groups excluding carboxylic acids is 3. The first-order chi connectivity index (χ1) is 13.4. The molecule has 3 amide bonds. The molecule has 0 bridgehead atoms. The zero-order valence-corrected chi connectivity index (χ0v) is 16.5. The first-order valence-corrected chi connectivity index (χ1v) is 10.1. The van der Waals surface area contributed by atoms with E-state index in [1.165, 1.54) is 0 Å². The number of piperidine rings is 1. The fraction of sp³-hybridized carbons (Fsp3) is 0.571. The lowest BCUT2D eigenvalue weighted by Crippen LogP contribution is -2.52. The normalized spacial score (nSPS) is 26.0. The number of imide groups is 1. The minimum absolute atomic E-state index is 0.105. The highest BCUT2D eigenvalue weighted by molar-refractivity contribution is 6.05. The van der Waals surface area contributed by atoms with Crippen molar-refractivity contribution in [2.75, 3.05) is 19.6 Å². The van der Waals surface area contributed by atoms with Gasteiger partial charge in [-0.05, 0) is 29.5 Å². The quantitative estimate of drug-likeness (QED) is 0.753. The van der Waals surface area contributed by atoms with Gasteiger partial charge in [0.1, 0.15) is 6.04 Å². The van der Waals surface area contributed by atoms with Crippen molar-refractivity contribution in [2.24, 2.45) is 5.92 Å². The molecular weight excluding hydrogens is 356 g/mol. The smallest absolute Gasteiger partial charge is 0.255 e. The SMILES string of the molecule is CC(C)[C@H]1CN(Cc2ccc3c(c2)C(=O)N(C2CCC(=O)NC2=O)C3)CCN1. The maximum Gasteiger partial charge on any atom is 0.255 e. The number of carbonyl (C=O) groups is 3. The fourth-order valence-electron chi connectivity index (χ4n) is 4.39. The van der Waals surface area contributed by atoms with Crippen LogP contribution in [0.5, 0.6) is 0 Å². The van der Waals surface area contributed by atoms with Crippen LogP contribution in [0.2, 0.25) is 0 Å². The van der Waals surface area contributed by atoms with Gasteiger partial charge in [-0.2, -0.15) is 0 Å². The Morgan fingerprint density at radius 3 is 2.79 bits per heavy atom. The second-order valence-electron chi connectivity index (χ2n) is 8.43. The molecule has 0 aliphatic carbocycles. The maximum absolute atomic E-state index is 12.9. The van der Waals surface area contributed by atoms with Crippen molar-refractivity contribution in [1.82, 2.24) is 20.4 Å². The minimum Gasteiger partial charge on any atom is -0.322 e. The summed E-state index contributed by atoms with van der Waals surface area (Å²) in [4.78, 5) is 40.5. The van der Waals surface area contributed by atoms with E-state index in [9.17, 15) is 14.4 Å². The van der Waals surface area contributed by atoms with Crippen LogP contribution < -0.4 is 10.6 Å². The number of hydrogen-bond donors (Lipinski definition) is 2. The van der Waals surface area contributed by atoms with E-state index in [2.05, 4.69) is 35.4 Å². The van der Waals surface area contributed by atoms with Gasteiger partial charge in [0.05, 0.1) is 0 Å². The highest BCUT2D eigenvalue weighted by atomic mass is 16.2. The highest BCUT2D eigenvalue weighted by Gasteiger charge is 2.39. The molecule has 7 nitrogen and oxygen atoms in total. The Morgan fingerprint density at radius 1 is 1.21 bits per heavy atom. The summed E-state index contributed by atoms with van der Waals surface area (Å²) in [5, 5.41) is 5.92. The van der Waals surface area contributed by atoms with Gasteiger partial charge in [0.2, 0.25) is 11.8 Å². The summed E-state index contributed by atoms with van der Waals surface area (Å²) >= 11 is 0. The summed E-state index contributed by atoms with van der Waals surface area (Å²) in [6, 6.07) is 6.02. The Kier molecular flexibility index (Phi) is 5.21. The van der Waals surface area contributed by atoms with E-state index < -0.39 is 6.04 Å². The van der Waals surface area contributed by atoms with Crippen LogP contribution in [0.4, 0.5) is 0 Å². The molecule has 2 fully saturated rings. The van der Waals surface area contributed by atoms with Gasteiger partial charge in [-0.3, -0.25) is 24.6 Å². The zero-order chi connectivity index (χ0) is 19.8. The maximum atomic E-state index is 12.9. The molecular formula is C21H28N4O3. The summed E-state index contributed by atoms with van der Waals surface area (Å²) in [7, 11) is 0. The van der Waals surface area contributed by atoms with Gasteiger partial charge in [-0.1, -0.05) is 26.0 Å². The first kappa shape index (κ1) is 19.1. The van der Waals surface area contributed by atoms with Crippen LogP contribution in [0.25, 0.3) is 0 Å². The Morgan fingerprint density at radius 2 is 2.04 bits per heavy atom. The molecule has 4 rings (SSSR count). The first-order valence-electron chi connectivity index (χ1n) is 10.1. The third kappa shape index (κ3) is 3.69. The predicted octanol–water partition coefficient (Wildman–Crippen LogP) is 0.877. The van der Waals surface area contributed by atoms with Crippen LogP contribution in [-0.2, 0) is 22.7 Å². The second-order valence-corrected chi connectivity index (χ2v) is 8.43. The summed E-state index contributed by atoms with van der Waals surface area (Å²) in [5.41, 5.74) is 2.78. The van der Waals surface area contributed by atoms with E-state index in [0.29, 0.717) is 30.5 Å². The molecule has 1 aromatic rings. The molecule has 2 saturated heterocycles. The van der Waals surface area contributed by atoms with E-state index >= 15 is 0 Å². The third-order valence-electron chi connectivity index (χ3n) is 6.09. The lowest BCUT2D eigenvalue weighted by atomic mass is 10.0.